The fourth-order valence-corrected chi connectivity index (χ4v) is 3.00. The van der Waals surface area contributed by atoms with Crippen molar-refractivity contribution in [2.45, 2.75) is 27.2 Å². The van der Waals surface area contributed by atoms with E-state index in [1.165, 1.54) is 18.3 Å². The molecule has 0 saturated heterocycles. The molecular weight excluding hydrogens is 314 g/mol. The van der Waals surface area contributed by atoms with Gasteiger partial charge in [0.05, 0.1) is 16.3 Å². The topological polar surface area (TPSA) is 69.4 Å². The third-order valence-corrected chi connectivity index (χ3v) is 4.22. The van der Waals surface area contributed by atoms with E-state index in [9.17, 15) is 9.59 Å². The normalized spacial score (nSPS) is 10.9. The number of aryl methyl sites for hydroxylation is 2. The lowest BCUT2D eigenvalue weighted by Crippen LogP contribution is -2.06. The first-order valence-electron chi connectivity index (χ1n) is 7.19. The summed E-state index contributed by atoms with van der Waals surface area (Å²) in [7, 11) is 0. The average molecular weight is 329 g/mol. The molecule has 0 radical (unpaired) electrons. The number of esters is 1. The van der Waals surface area contributed by atoms with Gasteiger partial charge >= 0.3 is 11.6 Å². The zero-order valence-corrected chi connectivity index (χ0v) is 13.8. The van der Waals surface area contributed by atoms with E-state index in [4.69, 9.17) is 9.15 Å². The summed E-state index contributed by atoms with van der Waals surface area (Å²) in [5.41, 5.74) is 1.86. The molecule has 0 N–H and O–H groups in total. The summed E-state index contributed by atoms with van der Waals surface area (Å²) in [6.45, 7) is 5.20. The molecule has 0 unspecified atom stereocenters. The third-order valence-electron chi connectivity index (χ3n) is 3.44. The van der Waals surface area contributed by atoms with E-state index >= 15 is 0 Å². The Kier molecular flexibility index (Phi) is 4.00. The first kappa shape index (κ1) is 15.4. The van der Waals surface area contributed by atoms with Gasteiger partial charge in [0.15, 0.2) is 0 Å². The van der Waals surface area contributed by atoms with Crippen molar-refractivity contribution >= 4 is 28.3 Å². The van der Waals surface area contributed by atoms with Gasteiger partial charge in [-0.2, -0.15) is 0 Å². The number of nitrogens with zero attached hydrogens (tertiary/aromatic N) is 1. The first-order chi connectivity index (χ1) is 11.0. The average Bonchev–Trinajstić information content (AvgIpc) is 2.91. The summed E-state index contributed by atoms with van der Waals surface area (Å²) >= 11 is 1.48. The predicted molar refractivity (Wildman–Crippen MR) is 89.0 cm³/mol. The fourth-order valence-electron chi connectivity index (χ4n) is 2.39. The van der Waals surface area contributed by atoms with Gasteiger partial charge in [-0.3, -0.25) is 4.79 Å². The molecule has 0 saturated carbocycles. The smallest absolute Gasteiger partial charge is 0.345 e. The number of carbonyl (C=O) groups excluding carboxylic acids is 1. The Bertz CT molecular complexity index is 955. The molecule has 0 spiro atoms. The number of fused-ring (bicyclic) bond motifs is 1. The molecule has 0 amide bonds. The Morgan fingerprint density at radius 1 is 1.35 bits per heavy atom. The highest BCUT2D eigenvalue weighted by molar-refractivity contribution is 7.09. The van der Waals surface area contributed by atoms with E-state index in [0.717, 1.165) is 16.0 Å². The highest BCUT2D eigenvalue weighted by Gasteiger charge is 2.14. The molecule has 2 heterocycles. The maximum atomic E-state index is 12.2. The van der Waals surface area contributed by atoms with Crippen molar-refractivity contribution in [3.8, 4) is 17.0 Å². The SMILES string of the molecule is CCc1cc2cc(-c3csc(C)n3)c(=O)oc2cc1OC(C)=O. The molecule has 118 valence electrons. The molecule has 0 bridgehead atoms. The maximum absolute atomic E-state index is 12.2. The Balaban J connectivity index is 2.20. The summed E-state index contributed by atoms with van der Waals surface area (Å²) in [4.78, 5) is 27.8. The van der Waals surface area contributed by atoms with Crippen molar-refractivity contribution in [2.75, 3.05) is 0 Å². The molecule has 0 aliphatic rings. The van der Waals surface area contributed by atoms with Crippen molar-refractivity contribution < 1.29 is 13.9 Å². The van der Waals surface area contributed by atoms with Gasteiger partial charge in [-0.05, 0) is 31.0 Å². The first-order valence-corrected chi connectivity index (χ1v) is 8.07. The second kappa shape index (κ2) is 5.96. The summed E-state index contributed by atoms with van der Waals surface area (Å²) in [5, 5.41) is 3.50. The van der Waals surface area contributed by atoms with E-state index in [1.54, 1.807) is 12.1 Å². The number of carbonyl (C=O) groups is 1. The highest BCUT2D eigenvalue weighted by Crippen LogP contribution is 2.29. The molecule has 1 aromatic carbocycles. The van der Waals surface area contributed by atoms with Gasteiger partial charge in [-0.25, -0.2) is 9.78 Å². The van der Waals surface area contributed by atoms with E-state index in [-0.39, 0.29) is 0 Å². The number of aromatic nitrogens is 1. The van der Waals surface area contributed by atoms with Crippen LogP contribution in [0, 0.1) is 6.92 Å². The van der Waals surface area contributed by atoms with Crippen molar-refractivity contribution in [3.63, 3.8) is 0 Å². The summed E-state index contributed by atoms with van der Waals surface area (Å²) in [5.74, 6) is 0.0175. The molecule has 3 aromatic rings. The molecule has 0 aliphatic carbocycles. The molecule has 0 fully saturated rings. The number of hydrogen-bond acceptors (Lipinski definition) is 6. The number of ether oxygens (including phenoxy) is 1. The molecule has 5 nitrogen and oxygen atoms in total. The molecule has 0 atom stereocenters. The van der Waals surface area contributed by atoms with Gasteiger partial charge in [-0.1, -0.05) is 6.92 Å². The molecule has 6 heteroatoms. The fraction of sp³-hybridized carbons (Fsp3) is 0.235. The van der Waals surface area contributed by atoms with Crippen LogP contribution < -0.4 is 10.4 Å². The minimum atomic E-state index is -0.458. The molecule has 3 rings (SSSR count). The van der Waals surface area contributed by atoms with Gasteiger partial charge in [0.1, 0.15) is 11.3 Å². The number of thiazole rings is 1. The van der Waals surface area contributed by atoms with Crippen LogP contribution in [-0.2, 0) is 11.2 Å². The van der Waals surface area contributed by atoms with Gasteiger partial charge in [0.2, 0.25) is 0 Å². The Labute approximate surface area is 136 Å². The molecule has 0 aliphatic heterocycles. The van der Waals surface area contributed by atoms with Crippen LogP contribution in [0.15, 0.2) is 32.8 Å². The van der Waals surface area contributed by atoms with Gasteiger partial charge < -0.3 is 9.15 Å². The monoisotopic (exact) mass is 329 g/mol. The van der Waals surface area contributed by atoms with Crippen molar-refractivity contribution in [1.82, 2.24) is 4.98 Å². The Morgan fingerprint density at radius 3 is 2.74 bits per heavy atom. The number of hydrogen-bond donors (Lipinski definition) is 0. The Morgan fingerprint density at radius 2 is 2.13 bits per heavy atom. The van der Waals surface area contributed by atoms with Crippen LogP contribution >= 0.6 is 11.3 Å². The number of benzene rings is 1. The lowest BCUT2D eigenvalue weighted by atomic mass is 10.1. The van der Waals surface area contributed by atoms with Crippen LogP contribution in [0.2, 0.25) is 0 Å². The summed E-state index contributed by atoms with van der Waals surface area (Å²) in [6.07, 6.45) is 0.697. The van der Waals surface area contributed by atoms with Crippen LogP contribution in [0.3, 0.4) is 0 Å². The molecule has 2 aromatic heterocycles. The highest BCUT2D eigenvalue weighted by atomic mass is 32.1. The second-order valence-corrected chi connectivity index (χ2v) is 6.21. The molecule has 23 heavy (non-hydrogen) atoms. The van der Waals surface area contributed by atoms with Crippen LogP contribution in [0.4, 0.5) is 0 Å². The quantitative estimate of drug-likeness (QED) is 0.416. The zero-order chi connectivity index (χ0) is 16.6. The second-order valence-electron chi connectivity index (χ2n) is 5.14. The van der Waals surface area contributed by atoms with Gasteiger partial charge in [0, 0.05) is 23.8 Å². The van der Waals surface area contributed by atoms with Gasteiger partial charge in [-0.15, -0.1) is 11.3 Å². The van der Waals surface area contributed by atoms with Crippen molar-refractivity contribution in [1.29, 1.82) is 0 Å². The summed E-state index contributed by atoms with van der Waals surface area (Å²) in [6, 6.07) is 5.23. The van der Waals surface area contributed by atoms with Crippen LogP contribution in [0.5, 0.6) is 5.75 Å². The van der Waals surface area contributed by atoms with Crippen molar-refractivity contribution in [2.24, 2.45) is 0 Å². The van der Waals surface area contributed by atoms with E-state index in [1.807, 2.05) is 25.3 Å². The third kappa shape index (κ3) is 3.03. The minimum absolute atomic E-state index is 0.388. The van der Waals surface area contributed by atoms with Gasteiger partial charge in [0.25, 0.3) is 0 Å². The molecular formula is C17H15NO4S. The zero-order valence-electron chi connectivity index (χ0n) is 13.0. The Hall–Kier alpha value is -2.47. The standard InChI is InChI=1S/C17H15NO4S/c1-4-11-5-12-6-13(14-8-23-9(2)18-14)17(20)22-16(12)7-15(11)21-10(3)19/h5-8H,4H2,1-3H3. The summed E-state index contributed by atoms with van der Waals surface area (Å²) < 4.78 is 10.6. The lowest BCUT2D eigenvalue weighted by molar-refractivity contribution is -0.131. The number of rotatable bonds is 3. The van der Waals surface area contributed by atoms with Crippen LogP contribution in [0.25, 0.3) is 22.2 Å². The van der Waals surface area contributed by atoms with E-state index in [2.05, 4.69) is 4.98 Å². The minimum Gasteiger partial charge on any atom is -0.426 e. The van der Waals surface area contributed by atoms with E-state index < -0.39 is 11.6 Å². The predicted octanol–water partition coefficient (Wildman–Crippen LogP) is 3.71. The lowest BCUT2D eigenvalue weighted by Gasteiger charge is -2.09. The van der Waals surface area contributed by atoms with Crippen LogP contribution in [0.1, 0.15) is 24.4 Å². The largest absolute Gasteiger partial charge is 0.426 e. The van der Waals surface area contributed by atoms with E-state index in [0.29, 0.717) is 29.0 Å². The maximum Gasteiger partial charge on any atom is 0.345 e. The van der Waals surface area contributed by atoms with Crippen molar-refractivity contribution in [3.05, 3.63) is 44.6 Å². The van der Waals surface area contributed by atoms with Crippen LogP contribution in [-0.4, -0.2) is 11.0 Å².